The zero-order valence-corrected chi connectivity index (χ0v) is 15.0. The fraction of sp³-hybridized carbons (Fsp3) is 0.600. The van der Waals surface area contributed by atoms with Gasteiger partial charge >= 0.3 is 0 Å². The highest BCUT2D eigenvalue weighted by molar-refractivity contribution is 5.89. The Hall–Kier alpha value is -1.88. The summed E-state index contributed by atoms with van der Waals surface area (Å²) in [6.45, 7) is 4.67. The average molecular weight is 344 g/mol. The van der Waals surface area contributed by atoms with Crippen LogP contribution in [0.5, 0.6) is 0 Å². The summed E-state index contributed by atoms with van der Waals surface area (Å²) in [7, 11) is 0. The van der Waals surface area contributed by atoms with Gasteiger partial charge in [-0.05, 0) is 38.2 Å². The van der Waals surface area contributed by atoms with Crippen LogP contribution in [0.2, 0.25) is 0 Å². The first-order valence-electron chi connectivity index (χ1n) is 9.45. The summed E-state index contributed by atoms with van der Waals surface area (Å²) in [6.07, 6.45) is 4.59. The van der Waals surface area contributed by atoms with Gasteiger partial charge in [0.05, 0.1) is 6.10 Å². The molecule has 0 radical (unpaired) electrons. The van der Waals surface area contributed by atoms with Gasteiger partial charge < -0.3 is 14.5 Å². The van der Waals surface area contributed by atoms with E-state index in [1.807, 2.05) is 42.2 Å². The number of hydrogen-bond donors (Lipinski definition) is 0. The molecule has 0 saturated carbocycles. The van der Waals surface area contributed by atoms with Gasteiger partial charge in [-0.25, -0.2) is 0 Å². The second-order valence-electron chi connectivity index (χ2n) is 6.87. The summed E-state index contributed by atoms with van der Waals surface area (Å²) in [6, 6.07) is 9.18. The molecule has 2 atom stereocenters. The summed E-state index contributed by atoms with van der Waals surface area (Å²) in [4.78, 5) is 29.5. The van der Waals surface area contributed by atoms with Crippen LogP contribution in [-0.4, -0.2) is 54.0 Å². The number of piperidine rings is 1. The molecule has 2 heterocycles. The van der Waals surface area contributed by atoms with Crippen LogP contribution in [0.1, 0.15) is 50.6 Å². The van der Waals surface area contributed by atoms with Crippen LogP contribution in [0.3, 0.4) is 0 Å². The third-order valence-electron chi connectivity index (χ3n) is 5.16. The molecule has 0 aromatic heterocycles. The Morgan fingerprint density at radius 3 is 2.72 bits per heavy atom. The zero-order chi connectivity index (χ0) is 17.6. The van der Waals surface area contributed by atoms with Crippen molar-refractivity contribution in [3.05, 3.63) is 35.9 Å². The molecule has 1 aromatic carbocycles. The predicted octanol–water partition coefficient (Wildman–Crippen LogP) is 2.77. The molecule has 2 unspecified atom stereocenters. The first-order chi connectivity index (χ1) is 12.2. The molecule has 3 rings (SSSR count). The number of carbonyl (C=O) groups is 2. The standard InChI is InChI=1S/C20H28N2O3/c1-2-21(15-17-11-8-14-25-17)20(24)19(16-9-4-3-5-10-16)22-13-7-6-12-18(22)23/h3-5,9-10,17,19H,2,6-8,11-15H2,1H3. The quantitative estimate of drug-likeness (QED) is 0.797. The lowest BCUT2D eigenvalue weighted by Gasteiger charge is -2.37. The monoisotopic (exact) mass is 344 g/mol. The lowest BCUT2D eigenvalue weighted by atomic mass is 9.99. The fourth-order valence-corrected chi connectivity index (χ4v) is 3.77. The number of ether oxygens (including phenoxy) is 1. The molecule has 2 aliphatic heterocycles. The molecule has 0 N–H and O–H groups in total. The van der Waals surface area contributed by atoms with Crippen molar-refractivity contribution in [3.8, 4) is 0 Å². The molecule has 0 aliphatic carbocycles. The third kappa shape index (κ3) is 4.21. The largest absolute Gasteiger partial charge is 0.376 e. The molecule has 2 saturated heterocycles. The molecule has 0 spiro atoms. The molecule has 1 aromatic rings. The number of nitrogens with zero attached hydrogens (tertiary/aromatic N) is 2. The van der Waals surface area contributed by atoms with Gasteiger partial charge in [-0.1, -0.05) is 30.3 Å². The van der Waals surface area contributed by atoms with Crippen molar-refractivity contribution in [2.45, 2.75) is 51.2 Å². The topological polar surface area (TPSA) is 49.9 Å². The van der Waals surface area contributed by atoms with E-state index in [0.29, 0.717) is 26.1 Å². The van der Waals surface area contributed by atoms with Gasteiger partial charge in [0.25, 0.3) is 0 Å². The number of rotatable bonds is 6. The van der Waals surface area contributed by atoms with Crippen LogP contribution < -0.4 is 0 Å². The number of hydrogen-bond acceptors (Lipinski definition) is 3. The molecule has 25 heavy (non-hydrogen) atoms. The Kier molecular flexibility index (Phi) is 6.08. The molecular formula is C20H28N2O3. The molecule has 2 aliphatic rings. The predicted molar refractivity (Wildman–Crippen MR) is 96.0 cm³/mol. The highest BCUT2D eigenvalue weighted by atomic mass is 16.5. The van der Waals surface area contributed by atoms with Crippen LogP contribution in [0, 0.1) is 0 Å². The maximum atomic E-state index is 13.4. The SMILES string of the molecule is CCN(CC1CCCO1)C(=O)C(c1ccccc1)N1CCCCC1=O. The Labute approximate surface area is 149 Å². The van der Waals surface area contributed by atoms with Crippen LogP contribution in [0.15, 0.2) is 30.3 Å². The van der Waals surface area contributed by atoms with E-state index in [4.69, 9.17) is 4.74 Å². The molecule has 136 valence electrons. The summed E-state index contributed by atoms with van der Waals surface area (Å²) in [5, 5.41) is 0. The van der Waals surface area contributed by atoms with E-state index in [-0.39, 0.29) is 17.9 Å². The van der Waals surface area contributed by atoms with Crippen molar-refractivity contribution in [2.75, 3.05) is 26.2 Å². The van der Waals surface area contributed by atoms with Gasteiger partial charge in [0.1, 0.15) is 6.04 Å². The summed E-state index contributed by atoms with van der Waals surface area (Å²) in [5.74, 6) is 0.0982. The van der Waals surface area contributed by atoms with Crippen molar-refractivity contribution < 1.29 is 14.3 Å². The van der Waals surface area contributed by atoms with Crippen LogP contribution in [0.25, 0.3) is 0 Å². The first-order valence-corrected chi connectivity index (χ1v) is 9.45. The van der Waals surface area contributed by atoms with E-state index >= 15 is 0 Å². The van der Waals surface area contributed by atoms with E-state index in [1.54, 1.807) is 4.90 Å². The maximum Gasteiger partial charge on any atom is 0.250 e. The van der Waals surface area contributed by atoms with Gasteiger partial charge in [0, 0.05) is 32.7 Å². The molecule has 0 bridgehead atoms. The molecular weight excluding hydrogens is 316 g/mol. The van der Waals surface area contributed by atoms with Crippen molar-refractivity contribution in [2.24, 2.45) is 0 Å². The van der Waals surface area contributed by atoms with Gasteiger partial charge in [-0.15, -0.1) is 0 Å². The highest BCUT2D eigenvalue weighted by Crippen LogP contribution is 2.28. The normalized spacial score (nSPS) is 22.0. The molecule has 5 heteroatoms. The second-order valence-corrected chi connectivity index (χ2v) is 6.87. The first kappa shape index (κ1) is 17.9. The second kappa shape index (κ2) is 8.48. The number of benzene rings is 1. The minimum absolute atomic E-state index is 0.0134. The van der Waals surface area contributed by atoms with Gasteiger partial charge in [0.15, 0.2) is 0 Å². The Morgan fingerprint density at radius 2 is 2.08 bits per heavy atom. The molecule has 2 fully saturated rings. The van der Waals surface area contributed by atoms with Crippen molar-refractivity contribution in [1.29, 1.82) is 0 Å². The molecule has 2 amide bonds. The van der Waals surface area contributed by atoms with E-state index in [2.05, 4.69) is 0 Å². The third-order valence-corrected chi connectivity index (χ3v) is 5.16. The smallest absolute Gasteiger partial charge is 0.250 e. The lowest BCUT2D eigenvalue weighted by Crippen LogP contribution is -2.48. The fourth-order valence-electron chi connectivity index (χ4n) is 3.77. The number of carbonyl (C=O) groups excluding carboxylic acids is 2. The van der Waals surface area contributed by atoms with Gasteiger partial charge in [0.2, 0.25) is 11.8 Å². The van der Waals surface area contributed by atoms with E-state index in [1.165, 1.54) is 0 Å². The Bertz CT molecular complexity index is 584. The number of likely N-dealkylation sites (N-methyl/N-ethyl adjacent to an activating group) is 1. The lowest BCUT2D eigenvalue weighted by molar-refractivity contribution is -0.148. The van der Waals surface area contributed by atoms with Crippen LogP contribution in [-0.2, 0) is 14.3 Å². The van der Waals surface area contributed by atoms with Crippen LogP contribution >= 0.6 is 0 Å². The summed E-state index contributed by atoms with van der Waals surface area (Å²) >= 11 is 0. The van der Waals surface area contributed by atoms with Gasteiger partial charge in [-0.3, -0.25) is 9.59 Å². The van der Waals surface area contributed by atoms with E-state index < -0.39 is 6.04 Å². The van der Waals surface area contributed by atoms with Gasteiger partial charge in [-0.2, -0.15) is 0 Å². The summed E-state index contributed by atoms with van der Waals surface area (Å²) in [5.41, 5.74) is 0.897. The zero-order valence-electron chi connectivity index (χ0n) is 15.0. The van der Waals surface area contributed by atoms with E-state index in [9.17, 15) is 9.59 Å². The average Bonchev–Trinajstić information content (AvgIpc) is 3.15. The van der Waals surface area contributed by atoms with Crippen molar-refractivity contribution in [1.82, 2.24) is 9.80 Å². The maximum absolute atomic E-state index is 13.4. The van der Waals surface area contributed by atoms with Crippen LogP contribution in [0.4, 0.5) is 0 Å². The summed E-state index contributed by atoms with van der Waals surface area (Å²) < 4.78 is 5.71. The molecule has 5 nitrogen and oxygen atoms in total. The van der Waals surface area contributed by atoms with E-state index in [0.717, 1.165) is 37.9 Å². The number of amides is 2. The minimum atomic E-state index is -0.518. The Morgan fingerprint density at radius 1 is 1.28 bits per heavy atom. The van der Waals surface area contributed by atoms with Crippen molar-refractivity contribution in [3.63, 3.8) is 0 Å². The minimum Gasteiger partial charge on any atom is -0.376 e. The van der Waals surface area contributed by atoms with Crippen molar-refractivity contribution >= 4 is 11.8 Å². The highest BCUT2D eigenvalue weighted by Gasteiger charge is 2.35. The number of likely N-dealkylation sites (tertiary alicyclic amines) is 1. The Balaban J connectivity index is 1.84.